The molecule has 0 aliphatic carbocycles. The fraction of sp³-hybridized carbons (Fsp3) is 1.00. The molecule has 6 heterocycles. The van der Waals surface area contributed by atoms with Crippen molar-refractivity contribution >= 4 is 0 Å². The minimum absolute atomic E-state index is 0.459. The van der Waals surface area contributed by atoms with Crippen molar-refractivity contribution in [2.24, 2.45) is 67.0 Å². The van der Waals surface area contributed by atoms with E-state index in [1.165, 1.54) is 123 Å². The highest BCUT2D eigenvalue weighted by atomic mass is 15.2. The molecule has 6 nitrogen and oxygen atoms in total. The molecule has 6 fully saturated rings. The highest BCUT2D eigenvalue weighted by molar-refractivity contribution is 4.96. The Morgan fingerprint density at radius 3 is 0.932 bits per heavy atom. The zero-order valence-corrected chi connectivity index (χ0v) is 56.9. The minimum Gasteiger partial charge on any atom is -0.314 e. The van der Waals surface area contributed by atoms with Gasteiger partial charge in [-0.05, 0) is 218 Å². The molecule has 0 aromatic rings. The van der Waals surface area contributed by atoms with E-state index in [2.05, 4.69) is 245 Å². The summed E-state index contributed by atoms with van der Waals surface area (Å²) >= 11 is 0. The van der Waals surface area contributed by atoms with Crippen LogP contribution in [-0.4, -0.2) is 135 Å². The smallest absolute Gasteiger partial charge is 0.0149 e. The lowest BCUT2D eigenvalue weighted by Crippen LogP contribution is -2.37. The Morgan fingerprint density at radius 1 is 0.378 bits per heavy atom. The highest BCUT2D eigenvalue weighted by Crippen LogP contribution is 2.42. The molecule has 444 valence electrons. The van der Waals surface area contributed by atoms with Gasteiger partial charge in [-0.2, -0.15) is 0 Å². The first kappa shape index (κ1) is 71.8. The van der Waals surface area contributed by atoms with Gasteiger partial charge in [0.2, 0.25) is 0 Å². The van der Waals surface area contributed by atoms with Gasteiger partial charge < -0.3 is 29.8 Å². The molecule has 6 heteroatoms. The van der Waals surface area contributed by atoms with Crippen LogP contribution in [0.25, 0.3) is 0 Å². The normalized spacial score (nSPS) is 31.3. The molecule has 74 heavy (non-hydrogen) atoms. The molecule has 6 rings (SSSR count). The third-order valence-electron chi connectivity index (χ3n) is 18.4. The summed E-state index contributed by atoms with van der Waals surface area (Å²) < 4.78 is 0. The van der Waals surface area contributed by atoms with Gasteiger partial charge in [0.1, 0.15) is 0 Å². The number of hydrogen-bond acceptors (Lipinski definition) is 6. The molecule has 0 unspecified atom stereocenters. The third kappa shape index (κ3) is 28.3. The maximum absolute atomic E-state index is 3.56. The molecule has 0 aromatic carbocycles. The molecule has 0 radical (unpaired) electrons. The Hall–Kier alpha value is -0.240. The van der Waals surface area contributed by atoms with Crippen molar-refractivity contribution in [1.29, 1.82) is 0 Å². The lowest BCUT2D eigenvalue weighted by Gasteiger charge is -2.35. The van der Waals surface area contributed by atoms with E-state index in [0.717, 1.165) is 59.9 Å². The van der Waals surface area contributed by atoms with E-state index in [0.29, 0.717) is 43.3 Å². The van der Waals surface area contributed by atoms with Gasteiger partial charge in [-0.15, -0.1) is 0 Å². The topological polar surface area (TPSA) is 28.2 Å². The first-order chi connectivity index (χ1) is 33.2. The number of nitrogens with zero attached hydrogens (tertiary/aromatic N) is 5. The Kier molecular flexibility index (Phi) is 28.6. The van der Waals surface area contributed by atoms with Crippen molar-refractivity contribution in [3.05, 3.63) is 0 Å². The average Bonchev–Trinajstić information content (AvgIpc) is 4.04. The molecule has 6 saturated heterocycles. The lowest BCUT2D eigenvalue weighted by molar-refractivity contribution is 0.149. The molecule has 0 saturated carbocycles. The predicted octanol–water partition coefficient (Wildman–Crippen LogP) is 17.4. The second-order valence-corrected chi connectivity index (χ2v) is 35.0. The Morgan fingerprint density at radius 2 is 0.689 bits per heavy atom. The van der Waals surface area contributed by atoms with Gasteiger partial charge in [0.25, 0.3) is 0 Å². The van der Waals surface area contributed by atoms with Crippen LogP contribution in [0, 0.1) is 67.0 Å². The van der Waals surface area contributed by atoms with Gasteiger partial charge in [0.05, 0.1) is 0 Å². The van der Waals surface area contributed by atoms with Crippen molar-refractivity contribution in [2.45, 2.75) is 300 Å². The van der Waals surface area contributed by atoms with Gasteiger partial charge in [-0.1, -0.05) is 187 Å². The van der Waals surface area contributed by atoms with Gasteiger partial charge in [0.15, 0.2) is 0 Å². The maximum Gasteiger partial charge on any atom is 0.0149 e. The summed E-state index contributed by atoms with van der Waals surface area (Å²) in [6.07, 6.45) is 16.2. The van der Waals surface area contributed by atoms with Crippen molar-refractivity contribution in [1.82, 2.24) is 29.8 Å². The van der Waals surface area contributed by atoms with E-state index in [4.69, 9.17) is 0 Å². The summed E-state index contributed by atoms with van der Waals surface area (Å²) in [7, 11) is 9.07. The quantitative estimate of drug-likeness (QED) is 0.273. The van der Waals surface area contributed by atoms with Crippen molar-refractivity contribution in [3.63, 3.8) is 0 Å². The van der Waals surface area contributed by atoms with Gasteiger partial charge in [-0.3, -0.25) is 0 Å². The predicted molar refractivity (Wildman–Crippen MR) is 335 cm³/mol. The largest absolute Gasteiger partial charge is 0.314 e. The summed E-state index contributed by atoms with van der Waals surface area (Å²) in [5.41, 5.74) is 3.88. The first-order valence-corrected chi connectivity index (χ1v) is 31.5. The first-order valence-electron chi connectivity index (χ1n) is 31.5. The zero-order chi connectivity index (χ0) is 57.8. The fourth-order valence-electron chi connectivity index (χ4n) is 13.4. The van der Waals surface area contributed by atoms with E-state index >= 15 is 0 Å². The monoisotopic (exact) mass is 1040 g/mol. The van der Waals surface area contributed by atoms with Crippen LogP contribution >= 0.6 is 0 Å². The number of hydrogen-bond donors (Lipinski definition) is 1. The van der Waals surface area contributed by atoms with Crippen LogP contribution in [0.3, 0.4) is 0 Å². The Balaban J connectivity index is 0.000000444. The highest BCUT2D eigenvalue weighted by Gasteiger charge is 2.42. The fourth-order valence-corrected chi connectivity index (χ4v) is 13.4. The summed E-state index contributed by atoms with van der Waals surface area (Å²) in [6.45, 7) is 72.5. The summed E-state index contributed by atoms with van der Waals surface area (Å²) in [5.74, 6) is 3.58. The molecule has 0 bridgehead atoms. The van der Waals surface area contributed by atoms with E-state index < -0.39 is 0 Å². The third-order valence-corrected chi connectivity index (χ3v) is 18.4. The van der Waals surface area contributed by atoms with Gasteiger partial charge in [0, 0.05) is 36.3 Å². The lowest BCUT2D eigenvalue weighted by atomic mass is 9.76. The van der Waals surface area contributed by atoms with Gasteiger partial charge >= 0.3 is 0 Å². The second-order valence-electron chi connectivity index (χ2n) is 35.0. The molecule has 0 amide bonds. The molecular weight excluding hydrogens is 901 g/mol. The molecule has 10 atom stereocenters. The molecule has 0 spiro atoms. The van der Waals surface area contributed by atoms with Crippen molar-refractivity contribution < 1.29 is 0 Å². The van der Waals surface area contributed by atoms with E-state index in [1.807, 2.05) is 0 Å². The maximum atomic E-state index is 3.56. The number of likely N-dealkylation sites (tertiary alicyclic amines) is 5. The molecular formula is C68H142N6. The summed E-state index contributed by atoms with van der Waals surface area (Å²) in [4.78, 5) is 12.8. The van der Waals surface area contributed by atoms with Crippen LogP contribution in [0.1, 0.15) is 264 Å². The second kappa shape index (κ2) is 29.5. The number of nitrogens with one attached hydrogen (secondary N) is 1. The Labute approximate surface area is 469 Å². The summed E-state index contributed by atoms with van der Waals surface area (Å²) in [6, 6.07) is 4.80. The molecule has 6 aliphatic rings. The van der Waals surface area contributed by atoms with Crippen LogP contribution in [0.4, 0.5) is 0 Å². The standard InChI is InChI=1S/3C12H25N.2C11H23N.C10H21N/c2*1-11(2,3)9-10-12(4,5)7-8-13(10)6;1-6-13-8-7-10(2)11(13)9-12(3,4)5;2*1-9-6-7-12(5)10(9)8-11(2,3)4;1-8-5-6-11-9(8)7-10(2,3)4/h2*10H,7-9H2,1-6H3;10-11H,6-9H2,1-5H3;2*9-10H,6-8H2,1-5H3;8-9,11H,5-7H2,1-4H3/t2*10-;10-,11+;9-,10+;9-,10-;8-,9+/m100010/s1. The van der Waals surface area contributed by atoms with Gasteiger partial charge in [-0.25, -0.2) is 0 Å². The van der Waals surface area contributed by atoms with Crippen LogP contribution in [0.15, 0.2) is 0 Å². The molecule has 6 aliphatic heterocycles. The zero-order valence-electron chi connectivity index (χ0n) is 56.9. The minimum atomic E-state index is 0.459. The van der Waals surface area contributed by atoms with Crippen molar-refractivity contribution in [2.75, 3.05) is 74.0 Å². The van der Waals surface area contributed by atoms with E-state index in [9.17, 15) is 0 Å². The van der Waals surface area contributed by atoms with E-state index in [1.54, 1.807) is 0 Å². The number of rotatable bonds is 7. The van der Waals surface area contributed by atoms with Crippen LogP contribution in [0.5, 0.6) is 0 Å². The SMILES string of the molecule is CCN1CC[C@H](C)[C@H]1CC(C)(C)C.CN1CCC(C)(C)[C@@H]1CC(C)(C)C.CN1CCC(C)(C)[C@H]1CC(C)(C)C.C[C@@H]1CCN(C)[C@@H]1CC(C)(C)C.C[C@H]1CCN(C)[C@@H]1CC(C)(C)C.C[C@H]1CCN[C@@H]1CC(C)(C)C. The van der Waals surface area contributed by atoms with E-state index in [-0.39, 0.29) is 0 Å². The van der Waals surface area contributed by atoms with Crippen LogP contribution in [0.2, 0.25) is 0 Å². The van der Waals surface area contributed by atoms with Crippen molar-refractivity contribution in [3.8, 4) is 0 Å². The van der Waals surface area contributed by atoms with Crippen LogP contribution < -0.4 is 5.32 Å². The Bertz CT molecular complexity index is 1410. The van der Waals surface area contributed by atoms with Crippen LogP contribution in [-0.2, 0) is 0 Å². The average molecular weight is 1040 g/mol. The molecule has 0 aromatic heterocycles. The molecule has 1 N–H and O–H groups in total. The summed E-state index contributed by atoms with van der Waals surface area (Å²) in [5, 5.41) is 3.56.